The summed E-state index contributed by atoms with van der Waals surface area (Å²) in [5, 5.41) is 28.1. The normalized spacial score (nSPS) is 10.2. The highest BCUT2D eigenvalue weighted by Gasteiger charge is 2.20. The van der Waals surface area contributed by atoms with Crippen molar-refractivity contribution >= 4 is 23.0 Å². The summed E-state index contributed by atoms with van der Waals surface area (Å²) in [5.74, 6) is -0.384. The number of ether oxygens (including phenoxy) is 2. The second-order valence-corrected chi connectivity index (χ2v) is 5.02. The van der Waals surface area contributed by atoms with Crippen LogP contribution in [0, 0.1) is 20.2 Å². The van der Waals surface area contributed by atoms with Crippen LogP contribution in [0.3, 0.4) is 0 Å². The lowest BCUT2D eigenvalue weighted by Crippen LogP contribution is -2.15. The van der Waals surface area contributed by atoms with Crippen LogP contribution in [0.1, 0.15) is 6.42 Å². The Morgan fingerprint density at radius 1 is 1.19 bits per heavy atom. The van der Waals surface area contributed by atoms with E-state index in [2.05, 4.69) is 10.4 Å². The summed E-state index contributed by atoms with van der Waals surface area (Å²) in [6.07, 6.45) is 1.09. The molecule has 12 nitrogen and oxygen atoms in total. The molecule has 0 aliphatic rings. The number of anilines is 1. The van der Waals surface area contributed by atoms with Gasteiger partial charge in [-0.3, -0.25) is 29.7 Å². The van der Waals surface area contributed by atoms with Gasteiger partial charge in [0.25, 0.3) is 5.69 Å². The second-order valence-electron chi connectivity index (χ2n) is 5.02. The van der Waals surface area contributed by atoms with Crippen LogP contribution in [0.2, 0.25) is 0 Å². The number of nitro benzene ring substituents is 1. The largest absolute Gasteiger partial charge is 0.496 e. The van der Waals surface area contributed by atoms with Gasteiger partial charge in [-0.25, -0.2) is 0 Å². The van der Waals surface area contributed by atoms with Crippen LogP contribution in [0.5, 0.6) is 11.6 Å². The van der Waals surface area contributed by atoms with Gasteiger partial charge in [0.2, 0.25) is 5.91 Å². The van der Waals surface area contributed by atoms with E-state index in [0.717, 1.165) is 6.20 Å². The number of carbonyl (C=O) groups is 1. The summed E-state index contributed by atoms with van der Waals surface area (Å²) in [6.45, 7) is 0.0576. The van der Waals surface area contributed by atoms with Gasteiger partial charge >= 0.3 is 11.6 Å². The van der Waals surface area contributed by atoms with Gasteiger partial charge in [-0.05, 0) is 0 Å². The number of aryl methyl sites for hydroxylation is 1. The molecule has 12 heteroatoms. The molecule has 0 radical (unpaired) electrons. The average molecular weight is 365 g/mol. The molecule has 0 bridgehead atoms. The first-order valence-corrected chi connectivity index (χ1v) is 7.23. The van der Waals surface area contributed by atoms with Crippen LogP contribution in [0.4, 0.5) is 17.1 Å². The number of aromatic nitrogens is 2. The Bertz CT molecular complexity index is 848. The van der Waals surface area contributed by atoms with Crippen molar-refractivity contribution in [3.05, 3.63) is 44.6 Å². The number of hydrogen-bond acceptors (Lipinski definition) is 8. The van der Waals surface area contributed by atoms with Gasteiger partial charge in [0.1, 0.15) is 11.9 Å². The lowest BCUT2D eigenvalue weighted by molar-refractivity contribution is -0.385. The number of amides is 1. The third-order valence-electron chi connectivity index (χ3n) is 3.29. The van der Waals surface area contributed by atoms with Crippen molar-refractivity contribution in [1.82, 2.24) is 9.78 Å². The van der Waals surface area contributed by atoms with Crippen molar-refractivity contribution in [2.75, 3.05) is 19.5 Å². The Labute approximate surface area is 146 Å². The lowest BCUT2D eigenvalue weighted by atomic mass is 10.2. The number of nitrogens with one attached hydrogen (secondary N) is 1. The zero-order chi connectivity index (χ0) is 19.3. The molecule has 0 unspecified atom stereocenters. The third-order valence-corrected chi connectivity index (χ3v) is 3.29. The van der Waals surface area contributed by atoms with Gasteiger partial charge in [-0.2, -0.15) is 0 Å². The van der Waals surface area contributed by atoms with E-state index < -0.39 is 15.8 Å². The van der Waals surface area contributed by atoms with E-state index >= 15 is 0 Å². The van der Waals surface area contributed by atoms with Crippen LogP contribution >= 0.6 is 0 Å². The van der Waals surface area contributed by atoms with Crippen LogP contribution in [0.25, 0.3) is 0 Å². The van der Waals surface area contributed by atoms with Gasteiger partial charge < -0.3 is 14.8 Å². The van der Waals surface area contributed by atoms with Crippen molar-refractivity contribution in [2.45, 2.75) is 13.0 Å². The first-order valence-electron chi connectivity index (χ1n) is 7.23. The highest BCUT2D eigenvalue weighted by molar-refractivity contribution is 5.91. The smallest absolute Gasteiger partial charge is 0.350 e. The van der Waals surface area contributed by atoms with Gasteiger partial charge in [0.05, 0.1) is 42.4 Å². The highest BCUT2D eigenvalue weighted by Crippen LogP contribution is 2.26. The van der Waals surface area contributed by atoms with E-state index in [0.29, 0.717) is 0 Å². The molecule has 0 fully saturated rings. The number of carbonyl (C=O) groups excluding carboxylic acids is 1. The van der Waals surface area contributed by atoms with Crippen molar-refractivity contribution in [1.29, 1.82) is 0 Å². The lowest BCUT2D eigenvalue weighted by Gasteiger charge is -2.07. The number of hydrogen-bond donors (Lipinski definition) is 1. The number of benzene rings is 1. The van der Waals surface area contributed by atoms with Crippen molar-refractivity contribution in [2.24, 2.45) is 0 Å². The zero-order valence-corrected chi connectivity index (χ0v) is 13.9. The maximum atomic E-state index is 12.0. The molecule has 0 saturated carbocycles. The van der Waals surface area contributed by atoms with Crippen LogP contribution in [-0.4, -0.2) is 39.8 Å². The monoisotopic (exact) mass is 365 g/mol. The maximum Gasteiger partial charge on any atom is 0.350 e. The van der Waals surface area contributed by atoms with Crippen LogP contribution < -0.4 is 14.8 Å². The average Bonchev–Trinajstić information content (AvgIpc) is 3.03. The molecule has 1 aromatic carbocycles. The molecular weight excluding hydrogens is 350 g/mol. The summed E-state index contributed by atoms with van der Waals surface area (Å²) in [5.41, 5.74) is -0.339. The molecule has 0 aliphatic carbocycles. The minimum Gasteiger partial charge on any atom is -0.496 e. The molecule has 0 atom stereocenters. The van der Waals surface area contributed by atoms with Crippen molar-refractivity contribution in [3.63, 3.8) is 0 Å². The van der Waals surface area contributed by atoms with E-state index in [1.54, 1.807) is 0 Å². The summed E-state index contributed by atoms with van der Waals surface area (Å²) in [7, 11) is 2.60. The predicted molar refractivity (Wildman–Crippen MR) is 88.3 cm³/mol. The van der Waals surface area contributed by atoms with Gasteiger partial charge in [-0.1, -0.05) is 0 Å². The number of methoxy groups -OCH3 is 2. The second kappa shape index (κ2) is 7.92. The summed E-state index contributed by atoms with van der Waals surface area (Å²) >= 11 is 0. The molecule has 0 spiro atoms. The standard InChI is InChI=1S/C14H15N5O7/c1-25-11-6-9(5-10(7-11)18(21)22)15-13(20)3-4-17-8-12(19(23)24)14(16-17)26-2/h5-8H,3-4H2,1-2H3,(H,15,20). The Balaban J connectivity index is 2.04. The summed E-state index contributed by atoms with van der Waals surface area (Å²) in [4.78, 5) is 32.5. The van der Waals surface area contributed by atoms with Gasteiger partial charge in [0, 0.05) is 18.6 Å². The minimum atomic E-state index is -0.641. The Morgan fingerprint density at radius 2 is 1.92 bits per heavy atom. The van der Waals surface area contributed by atoms with E-state index in [1.165, 1.54) is 37.1 Å². The zero-order valence-electron chi connectivity index (χ0n) is 13.9. The molecule has 138 valence electrons. The van der Waals surface area contributed by atoms with Crippen LogP contribution in [-0.2, 0) is 11.3 Å². The Morgan fingerprint density at radius 3 is 2.46 bits per heavy atom. The molecule has 2 aromatic rings. The molecular formula is C14H15N5O7. The van der Waals surface area contributed by atoms with E-state index in [9.17, 15) is 25.0 Å². The van der Waals surface area contributed by atoms with Gasteiger partial charge in [-0.15, -0.1) is 5.10 Å². The highest BCUT2D eigenvalue weighted by atomic mass is 16.6. The number of rotatable bonds is 8. The van der Waals surface area contributed by atoms with Crippen molar-refractivity contribution in [3.8, 4) is 11.6 Å². The molecule has 2 rings (SSSR count). The van der Waals surface area contributed by atoms with E-state index in [1.807, 2.05) is 0 Å². The third kappa shape index (κ3) is 4.43. The number of nitro groups is 2. The van der Waals surface area contributed by atoms with Gasteiger partial charge in [0.15, 0.2) is 0 Å². The first kappa shape index (κ1) is 18.6. The minimum absolute atomic E-state index is 0.0576. The fraction of sp³-hybridized carbons (Fsp3) is 0.286. The molecule has 1 heterocycles. The topological polar surface area (TPSA) is 152 Å². The van der Waals surface area contributed by atoms with Crippen molar-refractivity contribution < 1.29 is 24.1 Å². The summed E-state index contributed by atoms with van der Waals surface area (Å²) < 4.78 is 11.0. The van der Waals surface area contributed by atoms with Crippen LogP contribution in [0.15, 0.2) is 24.4 Å². The summed E-state index contributed by atoms with van der Waals surface area (Å²) in [6, 6.07) is 3.86. The SMILES string of the molecule is COc1cc(NC(=O)CCn2cc([N+](=O)[O-])c(OC)n2)cc([N+](=O)[O-])c1. The number of non-ortho nitro benzene ring substituents is 1. The Kier molecular flexibility index (Phi) is 5.67. The first-order chi connectivity index (χ1) is 12.3. The molecule has 0 saturated heterocycles. The Hall–Kier alpha value is -3.70. The fourth-order valence-electron chi connectivity index (χ4n) is 2.10. The fourth-order valence-corrected chi connectivity index (χ4v) is 2.10. The predicted octanol–water partition coefficient (Wildman–Crippen LogP) is 1.75. The molecule has 26 heavy (non-hydrogen) atoms. The molecule has 1 amide bonds. The quantitative estimate of drug-likeness (QED) is 0.548. The van der Waals surface area contributed by atoms with E-state index in [4.69, 9.17) is 9.47 Å². The molecule has 1 aromatic heterocycles. The van der Waals surface area contributed by atoms with E-state index in [-0.39, 0.29) is 41.7 Å². The molecule has 0 aliphatic heterocycles. The number of nitrogens with zero attached hydrogens (tertiary/aromatic N) is 4. The molecule has 1 N–H and O–H groups in total. The maximum absolute atomic E-state index is 12.0.